The van der Waals surface area contributed by atoms with Gasteiger partial charge in [-0.05, 0) is 50.9 Å². The lowest BCUT2D eigenvalue weighted by Crippen LogP contribution is -2.60. The third-order valence-electron chi connectivity index (χ3n) is 4.69. The Labute approximate surface area is 134 Å². The van der Waals surface area contributed by atoms with Crippen molar-refractivity contribution in [2.45, 2.75) is 30.9 Å². The fourth-order valence-electron chi connectivity index (χ4n) is 3.01. The van der Waals surface area contributed by atoms with E-state index in [0.717, 1.165) is 34.2 Å². The molecule has 1 aromatic carbocycles. The van der Waals surface area contributed by atoms with Gasteiger partial charge >= 0.3 is 0 Å². The fourth-order valence-corrected chi connectivity index (χ4v) is 4.06. The second kappa shape index (κ2) is 5.99. The van der Waals surface area contributed by atoms with Crippen molar-refractivity contribution < 1.29 is 9.90 Å². The summed E-state index contributed by atoms with van der Waals surface area (Å²) in [7, 11) is 3.89. The minimum Gasteiger partial charge on any atom is -0.386 e. The summed E-state index contributed by atoms with van der Waals surface area (Å²) in [6.45, 7) is 0.265. The van der Waals surface area contributed by atoms with E-state index in [4.69, 9.17) is 0 Å². The number of carbonyl (C=O) groups excluding carboxylic acids is 1. The predicted octanol–water partition coefficient (Wildman–Crippen LogP) is 2.54. The zero-order chi connectivity index (χ0) is 15.7. The lowest BCUT2D eigenvalue weighted by molar-refractivity contribution is -0.137. The molecule has 0 spiro atoms. The first-order valence-electron chi connectivity index (χ1n) is 7.65. The number of aliphatic hydroxyl groups is 1. The molecular weight excluding hydrogens is 296 g/mol. The fraction of sp³-hybridized carbons (Fsp3) is 0.471. The largest absolute Gasteiger partial charge is 0.386 e. The van der Waals surface area contributed by atoms with Crippen LogP contribution in [0.5, 0.6) is 0 Å². The Morgan fingerprint density at radius 3 is 2.73 bits per heavy atom. The van der Waals surface area contributed by atoms with E-state index in [1.54, 1.807) is 11.3 Å². The molecule has 2 N–H and O–H groups in total. The predicted molar refractivity (Wildman–Crippen MR) is 90.1 cm³/mol. The Morgan fingerprint density at radius 1 is 1.41 bits per heavy atom. The summed E-state index contributed by atoms with van der Waals surface area (Å²) in [5.74, 6) is 0.0314. The molecule has 1 atom stereocenters. The summed E-state index contributed by atoms with van der Waals surface area (Å²) < 4.78 is 1.16. The van der Waals surface area contributed by atoms with Crippen LogP contribution in [0.2, 0.25) is 0 Å². The molecule has 118 valence electrons. The van der Waals surface area contributed by atoms with E-state index in [-0.39, 0.29) is 18.0 Å². The molecule has 1 fully saturated rings. The summed E-state index contributed by atoms with van der Waals surface area (Å²) in [5, 5.41) is 14.4. The summed E-state index contributed by atoms with van der Waals surface area (Å²) in [6.07, 6.45) is 2.22. The van der Waals surface area contributed by atoms with Gasteiger partial charge in [-0.3, -0.25) is 9.69 Å². The van der Waals surface area contributed by atoms with Gasteiger partial charge in [0.15, 0.2) is 0 Å². The molecule has 5 heteroatoms. The zero-order valence-electron chi connectivity index (χ0n) is 13.0. The number of nitrogens with one attached hydrogen (secondary N) is 1. The number of thiophene rings is 1. The molecule has 0 radical (unpaired) electrons. The minimum atomic E-state index is -0.652. The molecule has 0 bridgehead atoms. The average Bonchev–Trinajstić information content (AvgIpc) is 2.87. The van der Waals surface area contributed by atoms with E-state index in [1.165, 1.54) is 0 Å². The van der Waals surface area contributed by atoms with Gasteiger partial charge in [0.05, 0.1) is 5.54 Å². The van der Waals surface area contributed by atoms with E-state index in [9.17, 15) is 9.90 Å². The molecule has 1 aliphatic rings. The highest BCUT2D eigenvalue weighted by atomic mass is 32.1. The maximum Gasteiger partial charge on any atom is 0.240 e. The average molecular weight is 318 g/mol. The third-order valence-corrected chi connectivity index (χ3v) is 5.91. The van der Waals surface area contributed by atoms with E-state index >= 15 is 0 Å². The van der Waals surface area contributed by atoms with Gasteiger partial charge in [-0.15, -0.1) is 11.3 Å². The second-order valence-electron chi connectivity index (χ2n) is 6.19. The first kappa shape index (κ1) is 15.5. The normalized spacial score (nSPS) is 18.2. The van der Waals surface area contributed by atoms with Crippen molar-refractivity contribution in [1.82, 2.24) is 10.2 Å². The molecule has 1 saturated carbocycles. The highest BCUT2D eigenvalue weighted by Crippen LogP contribution is 2.36. The molecule has 2 aromatic rings. The van der Waals surface area contributed by atoms with Crippen molar-refractivity contribution in [1.29, 1.82) is 0 Å². The van der Waals surface area contributed by atoms with Crippen molar-refractivity contribution in [2.24, 2.45) is 0 Å². The lowest BCUT2D eigenvalue weighted by atomic mass is 9.75. The van der Waals surface area contributed by atoms with Crippen molar-refractivity contribution in [3.8, 4) is 0 Å². The number of hydrogen-bond acceptors (Lipinski definition) is 4. The number of likely N-dealkylation sites (N-methyl/N-ethyl adjacent to an activating group) is 1. The maximum absolute atomic E-state index is 12.4. The van der Waals surface area contributed by atoms with Crippen LogP contribution in [0.1, 0.15) is 30.2 Å². The second-order valence-corrected chi connectivity index (χ2v) is 7.31. The monoisotopic (exact) mass is 318 g/mol. The number of aliphatic hydroxyl groups excluding tert-OH is 1. The quantitative estimate of drug-likeness (QED) is 0.891. The van der Waals surface area contributed by atoms with Gasteiger partial charge in [0.2, 0.25) is 5.91 Å². The van der Waals surface area contributed by atoms with Gasteiger partial charge in [-0.25, -0.2) is 0 Å². The number of benzene rings is 1. The molecule has 3 rings (SSSR count). The number of rotatable bonds is 5. The Balaban J connectivity index is 1.64. The summed E-state index contributed by atoms with van der Waals surface area (Å²) in [5.41, 5.74) is -0.375. The SMILES string of the molecule is CN(C)C1(C(=O)NCC(O)c2cc3ccccc3s2)CCC1. The van der Waals surface area contributed by atoms with Crippen molar-refractivity contribution in [3.63, 3.8) is 0 Å². The molecule has 0 aliphatic heterocycles. The van der Waals surface area contributed by atoms with Gasteiger partial charge in [0.25, 0.3) is 0 Å². The van der Waals surface area contributed by atoms with Crippen molar-refractivity contribution in [2.75, 3.05) is 20.6 Å². The number of carbonyl (C=O) groups is 1. The van der Waals surface area contributed by atoms with E-state index in [2.05, 4.69) is 5.32 Å². The highest BCUT2D eigenvalue weighted by Gasteiger charge is 2.45. The van der Waals surface area contributed by atoms with E-state index in [0.29, 0.717) is 0 Å². The smallest absolute Gasteiger partial charge is 0.240 e. The van der Waals surface area contributed by atoms with Crippen LogP contribution in [0.25, 0.3) is 10.1 Å². The molecule has 1 aliphatic carbocycles. The van der Waals surface area contributed by atoms with Crippen LogP contribution in [0, 0.1) is 0 Å². The first-order chi connectivity index (χ1) is 10.5. The van der Waals surface area contributed by atoms with Gasteiger partial charge in [-0.2, -0.15) is 0 Å². The molecule has 1 heterocycles. The zero-order valence-corrected chi connectivity index (χ0v) is 13.8. The number of hydrogen-bond donors (Lipinski definition) is 2. The molecule has 4 nitrogen and oxygen atoms in total. The van der Waals surface area contributed by atoms with Crippen LogP contribution in [0.3, 0.4) is 0 Å². The van der Waals surface area contributed by atoms with Crippen LogP contribution in [0.4, 0.5) is 0 Å². The molecule has 1 unspecified atom stereocenters. The lowest BCUT2D eigenvalue weighted by Gasteiger charge is -2.45. The Kier molecular flexibility index (Phi) is 4.21. The first-order valence-corrected chi connectivity index (χ1v) is 8.47. The van der Waals surface area contributed by atoms with Crippen LogP contribution in [-0.2, 0) is 4.79 Å². The summed E-state index contributed by atoms with van der Waals surface area (Å²) >= 11 is 1.58. The molecule has 22 heavy (non-hydrogen) atoms. The topological polar surface area (TPSA) is 52.6 Å². The van der Waals surface area contributed by atoms with Gasteiger partial charge in [-0.1, -0.05) is 18.2 Å². The van der Waals surface area contributed by atoms with Crippen LogP contribution in [0.15, 0.2) is 30.3 Å². The molecular formula is C17H22N2O2S. The Hall–Kier alpha value is -1.43. The van der Waals surface area contributed by atoms with Crippen LogP contribution >= 0.6 is 11.3 Å². The maximum atomic E-state index is 12.4. The number of amides is 1. The van der Waals surface area contributed by atoms with Crippen LogP contribution < -0.4 is 5.32 Å². The molecule has 1 aromatic heterocycles. The van der Waals surface area contributed by atoms with Crippen LogP contribution in [-0.4, -0.2) is 42.1 Å². The summed E-state index contributed by atoms with van der Waals surface area (Å²) in [4.78, 5) is 15.3. The van der Waals surface area contributed by atoms with E-state index < -0.39 is 6.10 Å². The highest BCUT2D eigenvalue weighted by molar-refractivity contribution is 7.19. The van der Waals surface area contributed by atoms with Gasteiger partial charge in [0.1, 0.15) is 6.10 Å². The third kappa shape index (κ3) is 2.64. The molecule has 0 saturated heterocycles. The van der Waals surface area contributed by atoms with Crippen molar-refractivity contribution in [3.05, 3.63) is 35.2 Å². The number of fused-ring (bicyclic) bond motifs is 1. The van der Waals surface area contributed by atoms with Crippen molar-refractivity contribution >= 4 is 27.3 Å². The Bertz CT molecular complexity index is 643. The van der Waals surface area contributed by atoms with Gasteiger partial charge < -0.3 is 10.4 Å². The standard InChI is InChI=1S/C17H22N2O2S/c1-19(2)17(8-5-9-17)16(21)18-11-13(20)15-10-12-6-3-4-7-14(12)22-15/h3-4,6-7,10,13,20H,5,8-9,11H2,1-2H3,(H,18,21). The van der Waals surface area contributed by atoms with Gasteiger partial charge in [0, 0.05) is 16.1 Å². The Morgan fingerprint density at radius 2 is 2.14 bits per heavy atom. The number of nitrogens with zero attached hydrogens (tertiary/aromatic N) is 1. The summed E-state index contributed by atoms with van der Waals surface area (Å²) in [6, 6.07) is 10.1. The van der Waals surface area contributed by atoms with E-state index in [1.807, 2.05) is 49.3 Å². The minimum absolute atomic E-state index is 0.0314. The molecule has 1 amide bonds.